The topological polar surface area (TPSA) is 61.3 Å². The summed E-state index contributed by atoms with van der Waals surface area (Å²) >= 11 is 0. The Kier molecular flexibility index (Phi) is 3.27. The second-order valence-corrected chi connectivity index (χ2v) is 5.70. The molecule has 0 aliphatic carbocycles. The van der Waals surface area contributed by atoms with Gasteiger partial charge >= 0.3 is 0 Å². The molecule has 0 radical (unpaired) electrons. The number of benzene rings is 1. The van der Waals surface area contributed by atoms with E-state index in [9.17, 15) is 0 Å². The average molecular weight is 260 g/mol. The molecule has 1 aromatic carbocycles. The maximum absolute atomic E-state index is 5.64. The van der Waals surface area contributed by atoms with Gasteiger partial charge in [-0.25, -0.2) is 0 Å². The normalized spacial score (nSPS) is 11.6. The van der Waals surface area contributed by atoms with Gasteiger partial charge in [-0.15, -0.1) is 0 Å². The molecule has 0 saturated heterocycles. The summed E-state index contributed by atoms with van der Waals surface area (Å²) in [5.41, 5.74) is 8.74. The zero-order chi connectivity index (χ0) is 14.2. The zero-order valence-electron chi connectivity index (χ0n) is 12.1. The Morgan fingerprint density at radius 3 is 2.42 bits per heavy atom. The minimum Gasteiger partial charge on any atom is -0.496 e. The van der Waals surface area contributed by atoms with Crippen LogP contribution in [0.15, 0.2) is 22.7 Å². The molecule has 2 aromatic rings. The standard InChI is InChI=1S/C15H20N2O2/c1-9-6-7-10(15(2,3)4)14(18-5)13(9)11-8-12(16)17-19-11/h6-8H,1-5H3,(H2,16,17). The van der Waals surface area contributed by atoms with E-state index in [1.807, 2.05) is 6.92 Å². The number of aryl methyl sites for hydroxylation is 1. The quantitative estimate of drug-likeness (QED) is 0.897. The van der Waals surface area contributed by atoms with Crippen molar-refractivity contribution in [2.45, 2.75) is 33.1 Å². The molecule has 0 spiro atoms. The molecule has 4 nitrogen and oxygen atoms in total. The third kappa shape index (κ3) is 2.43. The van der Waals surface area contributed by atoms with Crippen LogP contribution in [0.2, 0.25) is 0 Å². The van der Waals surface area contributed by atoms with E-state index in [-0.39, 0.29) is 5.41 Å². The molecule has 0 amide bonds. The first-order valence-corrected chi connectivity index (χ1v) is 6.25. The lowest BCUT2D eigenvalue weighted by molar-refractivity contribution is 0.392. The van der Waals surface area contributed by atoms with Crippen LogP contribution in [0, 0.1) is 6.92 Å². The first-order valence-electron chi connectivity index (χ1n) is 6.25. The monoisotopic (exact) mass is 260 g/mol. The Morgan fingerprint density at radius 2 is 1.95 bits per heavy atom. The van der Waals surface area contributed by atoms with E-state index in [0.717, 1.165) is 22.4 Å². The van der Waals surface area contributed by atoms with Crippen molar-refractivity contribution < 1.29 is 9.26 Å². The molecular weight excluding hydrogens is 240 g/mol. The summed E-state index contributed by atoms with van der Waals surface area (Å²) in [6, 6.07) is 5.88. The molecule has 4 heteroatoms. The summed E-state index contributed by atoms with van der Waals surface area (Å²) in [7, 11) is 1.67. The van der Waals surface area contributed by atoms with Gasteiger partial charge in [-0.05, 0) is 17.9 Å². The highest BCUT2D eigenvalue weighted by Crippen LogP contribution is 2.41. The Labute approximate surface area is 113 Å². The highest BCUT2D eigenvalue weighted by Gasteiger charge is 2.24. The number of aromatic nitrogens is 1. The van der Waals surface area contributed by atoms with Crippen LogP contribution >= 0.6 is 0 Å². The van der Waals surface area contributed by atoms with Gasteiger partial charge in [0.05, 0.1) is 12.7 Å². The first kappa shape index (κ1) is 13.5. The number of hydrogen-bond acceptors (Lipinski definition) is 4. The Hall–Kier alpha value is -1.97. The number of ether oxygens (including phenoxy) is 1. The van der Waals surface area contributed by atoms with Gasteiger partial charge in [0.15, 0.2) is 11.6 Å². The van der Waals surface area contributed by atoms with Gasteiger partial charge in [-0.3, -0.25) is 0 Å². The minimum absolute atomic E-state index is 0.0145. The number of nitrogen functional groups attached to an aromatic ring is 1. The van der Waals surface area contributed by atoms with Crippen molar-refractivity contribution in [2.75, 3.05) is 12.8 Å². The molecule has 0 atom stereocenters. The van der Waals surface area contributed by atoms with Crippen molar-refractivity contribution >= 4 is 5.82 Å². The first-order chi connectivity index (χ1) is 8.84. The molecule has 0 aliphatic heterocycles. The van der Waals surface area contributed by atoms with Gasteiger partial charge < -0.3 is 15.0 Å². The van der Waals surface area contributed by atoms with Crippen LogP contribution in [0.25, 0.3) is 11.3 Å². The van der Waals surface area contributed by atoms with E-state index >= 15 is 0 Å². The molecule has 0 aliphatic rings. The van der Waals surface area contributed by atoms with Gasteiger partial charge in [0.2, 0.25) is 0 Å². The van der Waals surface area contributed by atoms with Crippen LogP contribution in [0.3, 0.4) is 0 Å². The lowest BCUT2D eigenvalue weighted by Gasteiger charge is -2.24. The smallest absolute Gasteiger partial charge is 0.173 e. The molecule has 19 heavy (non-hydrogen) atoms. The Balaban J connectivity index is 2.72. The lowest BCUT2D eigenvalue weighted by atomic mass is 9.84. The van der Waals surface area contributed by atoms with Crippen LogP contribution < -0.4 is 10.5 Å². The summed E-state index contributed by atoms with van der Waals surface area (Å²) in [5.74, 6) is 1.83. The number of rotatable bonds is 2. The van der Waals surface area contributed by atoms with Crippen molar-refractivity contribution in [3.63, 3.8) is 0 Å². The second kappa shape index (κ2) is 4.61. The van der Waals surface area contributed by atoms with Crippen molar-refractivity contribution in [3.8, 4) is 17.1 Å². The summed E-state index contributed by atoms with van der Waals surface area (Å²) in [4.78, 5) is 0. The van der Waals surface area contributed by atoms with Crippen LogP contribution in [0.5, 0.6) is 5.75 Å². The Morgan fingerprint density at radius 1 is 1.26 bits per heavy atom. The summed E-state index contributed by atoms with van der Waals surface area (Å²) in [6.45, 7) is 8.47. The van der Waals surface area contributed by atoms with Crippen LogP contribution in [-0.4, -0.2) is 12.3 Å². The van der Waals surface area contributed by atoms with Crippen LogP contribution in [0.1, 0.15) is 31.9 Å². The predicted molar refractivity (Wildman–Crippen MR) is 76.3 cm³/mol. The van der Waals surface area contributed by atoms with Crippen molar-refractivity contribution in [2.24, 2.45) is 0 Å². The summed E-state index contributed by atoms with van der Waals surface area (Å²) < 4.78 is 10.9. The fraction of sp³-hybridized carbons (Fsp3) is 0.400. The number of nitrogens with zero attached hydrogens (tertiary/aromatic N) is 1. The molecule has 0 bridgehead atoms. The number of methoxy groups -OCH3 is 1. The molecular formula is C15H20N2O2. The van der Waals surface area contributed by atoms with Crippen molar-refractivity contribution in [3.05, 3.63) is 29.3 Å². The number of anilines is 1. The highest BCUT2D eigenvalue weighted by atomic mass is 16.5. The second-order valence-electron chi connectivity index (χ2n) is 5.70. The highest BCUT2D eigenvalue weighted by molar-refractivity contribution is 5.73. The van der Waals surface area contributed by atoms with E-state index < -0.39 is 0 Å². The van der Waals surface area contributed by atoms with Gasteiger partial charge in [0, 0.05) is 11.6 Å². The maximum atomic E-state index is 5.64. The lowest BCUT2D eigenvalue weighted by Crippen LogP contribution is -2.13. The Bertz CT molecular complexity index is 595. The maximum Gasteiger partial charge on any atom is 0.173 e. The molecule has 0 unspecified atom stereocenters. The molecule has 2 N–H and O–H groups in total. The largest absolute Gasteiger partial charge is 0.496 e. The van der Waals surface area contributed by atoms with Crippen molar-refractivity contribution in [1.82, 2.24) is 5.16 Å². The average Bonchev–Trinajstić information content (AvgIpc) is 2.73. The van der Waals surface area contributed by atoms with Gasteiger partial charge in [0.1, 0.15) is 5.75 Å². The summed E-state index contributed by atoms with van der Waals surface area (Å²) in [6.07, 6.45) is 0. The fourth-order valence-electron chi connectivity index (χ4n) is 2.20. The zero-order valence-corrected chi connectivity index (χ0v) is 12.1. The van der Waals surface area contributed by atoms with Gasteiger partial charge in [-0.2, -0.15) is 0 Å². The number of nitrogens with two attached hydrogens (primary N) is 1. The third-order valence-corrected chi connectivity index (χ3v) is 3.15. The van der Waals surface area contributed by atoms with Crippen molar-refractivity contribution in [1.29, 1.82) is 0 Å². The molecule has 0 fully saturated rings. The summed E-state index contributed by atoms with van der Waals surface area (Å²) in [5, 5.41) is 3.75. The molecule has 0 saturated carbocycles. The third-order valence-electron chi connectivity index (χ3n) is 3.15. The van der Waals surface area contributed by atoms with E-state index in [1.54, 1.807) is 13.2 Å². The van der Waals surface area contributed by atoms with Crippen LogP contribution in [-0.2, 0) is 5.41 Å². The minimum atomic E-state index is -0.0145. The van der Waals surface area contributed by atoms with Gasteiger partial charge in [0.25, 0.3) is 0 Å². The SMILES string of the molecule is COc1c(C(C)(C)C)ccc(C)c1-c1cc(N)no1. The molecule has 1 heterocycles. The van der Waals surface area contributed by atoms with E-state index in [0.29, 0.717) is 11.6 Å². The molecule has 2 rings (SSSR count). The number of hydrogen-bond donors (Lipinski definition) is 1. The fourth-order valence-corrected chi connectivity index (χ4v) is 2.20. The molecule has 102 valence electrons. The van der Waals surface area contributed by atoms with Gasteiger partial charge in [-0.1, -0.05) is 38.1 Å². The van der Waals surface area contributed by atoms with E-state index in [1.165, 1.54) is 0 Å². The molecule has 1 aromatic heterocycles. The van der Waals surface area contributed by atoms with E-state index in [2.05, 4.69) is 38.1 Å². The predicted octanol–water partition coefficient (Wildman–Crippen LogP) is 3.54. The van der Waals surface area contributed by atoms with Crippen LogP contribution in [0.4, 0.5) is 5.82 Å². The van der Waals surface area contributed by atoms with E-state index in [4.69, 9.17) is 15.0 Å².